The molecule has 0 unspecified atom stereocenters. The molecular weight excluding hydrogens is 270 g/mol. The third-order valence-electron chi connectivity index (χ3n) is 3.15. The van der Waals surface area contributed by atoms with E-state index in [4.69, 9.17) is 19.9 Å². The van der Waals surface area contributed by atoms with E-state index in [0.29, 0.717) is 36.9 Å². The normalized spacial score (nSPS) is 12.8. The van der Waals surface area contributed by atoms with Crippen LogP contribution in [0.2, 0.25) is 0 Å². The molecule has 0 radical (unpaired) electrons. The van der Waals surface area contributed by atoms with Gasteiger partial charge in [-0.05, 0) is 29.8 Å². The number of primary amides is 1. The van der Waals surface area contributed by atoms with Crippen molar-refractivity contribution in [3.8, 4) is 17.2 Å². The highest BCUT2D eigenvalue weighted by molar-refractivity contribution is 5.95. The van der Waals surface area contributed by atoms with Crippen LogP contribution in [0.1, 0.15) is 15.9 Å². The maximum absolute atomic E-state index is 11.3. The molecule has 1 aliphatic rings. The first-order chi connectivity index (χ1) is 10.2. The van der Waals surface area contributed by atoms with Crippen LogP contribution in [0.5, 0.6) is 17.2 Å². The van der Waals surface area contributed by atoms with Crippen molar-refractivity contribution < 1.29 is 19.0 Å². The second-order valence-electron chi connectivity index (χ2n) is 4.63. The SMILES string of the molecule is NC(=O)c1ccccc1OCc1ccc2c(c1)OCCO2. The van der Waals surface area contributed by atoms with Crippen LogP contribution < -0.4 is 19.9 Å². The summed E-state index contributed by atoms with van der Waals surface area (Å²) in [6.07, 6.45) is 0. The maximum Gasteiger partial charge on any atom is 0.252 e. The fourth-order valence-electron chi connectivity index (χ4n) is 2.13. The van der Waals surface area contributed by atoms with Crippen molar-refractivity contribution in [2.75, 3.05) is 13.2 Å². The van der Waals surface area contributed by atoms with Crippen molar-refractivity contribution in [1.29, 1.82) is 0 Å². The highest BCUT2D eigenvalue weighted by Crippen LogP contribution is 2.31. The zero-order valence-electron chi connectivity index (χ0n) is 11.4. The Hall–Kier alpha value is -2.69. The van der Waals surface area contributed by atoms with E-state index < -0.39 is 5.91 Å². The van der Waals surface area contributed by atoms with Gasteiger partial charge in [0.15, 0.2) is 11.5 Å². The standard InChI is InChI=1S/C16H15NO4/c17-16(18)12-3-1-2-4-13(12)21-10-11-5-6-14-15(9-11)20-8-7-19-14/h1-6,9H,7-8,10H2,(H2,17,18). The molecule has 2 aromatic rings. The second kappa shape index (κ2) is 5.75. The molecule has 2 N–H and O–H groups in total. The molecule has 0 atom stereocenters. The largest absolute Gasteiger partial charge is 0.488 e. The molecule has 108 valence electrons. The summed E-state index contributed by atoms with van der Waals surface area (Å²) in [7, 11) is 0. The zero-order valence-corrected chi connectivity index (χ0v) is 11.4. The molecule has 5 nitrogen and oxygen atoms in total. The van der Waals surface area contributed by atoms with Gasteiger partial charge >= 0.3 is 0 Å². The summed E-state index contributed by atoms with van der Waals surface area (Å²) >= 11 is 0. The number of amides is 1. The molecule has 3 rings (SSSR count). The minimum Gasteiger partial charge on any atom is -0.488 e. The predicted molar refractivity (Wildman–Crippen MR) is 76.7 cm³/mol. The molecule has 1 amide bonds. The Morgan fingerprint density at radius 2 is 1.86 bits per heavy atom. The number of ether oxygens (including phenoxy) is 3. The number of nitrogens with two attached hydrogens (primary N) is 1. The van der Waals surface area contributed by atoms with E-state index in [0.717, 1.165) is 11.3 Å². The van der Waals surface area contributed by atoms with Gasteiger partial charge in [0.25, 0.3) is 5.91 Å². The Bertz CT molecular complexity index is 669. The van der Waals surface area contributed by atoms with E-state index in [9.17, 15) is 4.79 Å². The Kier molecular flexibility index (Phi) is 3.64. The van der Waals surface area contributed by atoms with Gasteiger partial charge in [0.2, 0.25) is 0 Å². The van der Waals surface area contributed by atoms with Crippen LogP contribution in [0, 0.1) is 0 Å². The number of carbonyl (C=O) groups is 1. The lowest BCUT2D eigenvalue weighted by Crippen LogP contribution is -2.15. The smallest absolute Gasteiger partial charge is 0.252 e. The number of para-hydroxylation sites is 1. The van der Waals surface area contributed by atoms with Gasteiger partial charge in [-0.2, -0.15) is 0 Å². The third kappa shape index (κ3) is 2.91. The maximum atomic E-state index is 11.3. The first-order valence-electron chi connectivity index (χ1n) is 6.64. The topological polar surface area (TPSA) is 70.8 Å². The van der Waals surface area contributed by atoms with Crippen molar-refractivity contribution in [3.05, 3.63) is 53.6 Å². The lowest BCUT2D eigenvalue weighted by atomic mass is 10.2. The number of rotatable bonds is 4. The Morgan fingerprint density at radius 1 is 1.10 bits per heavy atom. The molecule has 1 aliphatic heterocycles. The molecule has 1 heterocycles. The molecule has 5 heteroatoms. The van der Waals surface area contributed by atoms with Crippen molar-refractivity contribution in [3.63, 3.8) is 0 Å². The van der Waals surface area contributed by atoms with Gasteiger partial charge in [-0.15, -0.1) is 0 Å². The Morgan fingerprint density at radius 3 is 2.67 bits per heavy atom. The van der Waals surface area contributed by atoms with Crippen LogP contribution in [0.4, 0.5) is 0 Å². The monoisotopic (exact) mass is 285 g/mol. The molecule has 0 bridgehead atoms. The van der Waals surface area contributed by atoms with E-state index in [1.807, 2.05) is 18.2 Å². The molecule has 0 spiro atoms. The van der Waals surface area contributed by atoms with Crippen LogP contribution in [-0.2, 0) is 6.61 Å². The third-order valence-corrected chi connectivity index (χ3v) is 3.15. The summed E-state index contributed by atoms with van der Waals surface area (Å²) in [4.78, 5) is 11.3. The van der Waals surface area contributed by atoms with Gasteiger partial charge in [-0.1, -0.05) is 18.2 Å². The lowest BCUT2D eigenvalue weighted by Gasteiger charge is -2.19. The van der Waals surface area contributed by atoms with E-state index in [2.05, 4.69) is 0 Å². The van der Waals surface area contributed by atoms with Crippen LogP contribution in [-0.4, -0.2) is 19.1 Å². The average Bonchev–Trinajstić information content (AvgIpc) is 2.53. The fourth-order valence-corrected chi connectivity index (χ4v) is 2.13. The minimum atomic E-state index is -0.507. The van der Waals surface area contributed by atoms with Crippen molar-refractivity contribution >= 4 is 5.91 Å². The first-order valence-corrected chi connectivity index (χ1v) is 6.64. The molecule has 21 heavy (non-hydrogen) atoms. The molecular formula is C16H15NO4. The summed E-state index contributed by atoms with van der Waals surface area (Å²) in [5.41, 5.74) is 6.62. The lowest BCUT2D eigenvalue weighted by molar-refractivity contribution is 0.0996. The zero-order chi connectivity index (χ0) is 14.7. The molecule has 0 fully saturated rings. The van der Waals surface area contributed by atoms with Crippen LogP contribution in [0.15, 0.2) is 42.5 Å². The molecule has 0 saturated heterocycles. The van der Waals surface area contributed by atoms with Crippen LogP contribution in [0.25, 0.3) is 0 Å². The van der Waals surface area contributed by atoms with Gasteiger partial charge in [0.05, 0.1) is 5.56 Å². The van der Waals surface area contributed by atoms with E-state index >= 15 is 0 Å². The molecule has 2 aromatic carbocycles. The second-order valence-corrected chi connectivity index (χ2v) is 4.63. The van der Waals surface area contributed by atoms with Crippen LogP contribution in [0.3, 0.4) is 0 Å². The molecule has 0 aromatic heterocycles. The van der Waals surface area contributed by atoms with Crippen LogP contribution >= 0.6 is 0 Å². The summed E-state index contributed by atoms with van der Waals surface area (Å²) < 4.78 is 16.7. The Labute approximate surface area is 122 Å². The average molecular weight is 285 g/mol. The summed E-state index contributed by atoms with van der Waals surface area (Å²) in [6, 6.07) is 12.5. The van der Waals surface area contributed by atoms with Gasteiger partial charge in [-0.3, -0.25) is 4.79 Å². The molecule has 0 saturated carbocycles. The van der Waals surface area contributed by atoms with Crippen molar-refractivity contribution in [2.45, 2.75) is 6.61 Å². The minimum absolute atomic E-state index is 0.320. The molecule has 0 aliphatic carbocycles. The van der Waals surface area contributed by atoms with Gasteiger partial charge in [0.1, 0.15) is 25.6 Å². The predicted octanol–water partition coefficient (Wildman–Crippen LogP) is 2.14. The first kappa shape index (κ1) is 13.3. The summed E-state index contributed by atoms with van der Waals surface area (Å²) in [5, 5.41) is 0. The fraction of sp³-hybridized carbons (Fsp3) is 0.188. The number of benzene rings is 2. The summed E-state index contributed by atoms with van der Waals surface area (Å²) in [5.74, 6) is 1.42. The van der Waals surface area contributed by atoms with E-state index in [1.54, 1.807) is 24.3 Å². The number of hydrogen-bond acceptors (Lipinski definition) is 4. The van der Waals surface area contributed by atoms with E-state index in [-0.39, 0.29) is 0 Å². The van der Waals surface area contributed by atoms with Crippen molar-refractivity contribution in [1.82, 2.24) is 0 Å². The van der Waals surface area contributed by atoms with Gasteiger partial charge < -0.3 is 19.9 Å². The highest BCUT2D eigenvalue weighted by atomic mass is 16.6. The summed E-state index contributed by atoms with van der Waals surface area (Å²) in [6.45, 7) is 1.43. The number of hydrogen-bond donors (Lipinski definition) is 1. The number of fused-ring (bicyclic) bond motifs is 1. The number of carbonyl (C=O) groups excluding carboxylic acids is 1. The van der Waals surface area contributed by atoms with Gasteiger partial charge in [-0.25, -0.2) is 0 Å². The Balaban J connectivity index is 1.75. The van der Waals surface area contributed by atoms with Gasteiger partial charge in [0, 0.05) is 0 Å². The highest BCUT2D eigenvalue weighted by Gasteiger charge is 2.13. The quantitative estimate of drug-likeness (QED) is 0.934. The van der Waals surface area contributed by atoms with E-state index in [1.165, 1.54) is 0 Å². The van der Waals surface area contributed by atoms with Crippen molar-refractivity contribution in [2.24, 2.45) is 5.73 Å².